The molecule has 0 amide bonds. The summed E-state index contributed by atoms with van der Waals surface area (Å²) in [5, 5.41) is 9.56. The van der Waals surface area contributed by atoms with Gasteiger partial charge in [0.15, 0.2) is 0 Å². The quantitative estimate of drug-likeness (QED) is 0.907. The molecule has 5 nitrogen and oxygen atoms in total. The van der Waals surface area contributed by atoms with E-state index >= 15 is 0 Å². The SMILES string of the molecule is O=C(O)[C@@H](c1ccc(F)cc1F)N1CCC(N2CCOCC2)CC1. The average molecular weight is 340 g/mol. The molecule has 132 valence electrons. The molecule has 0 aliphatic carbocycles. The highest BCUT2D eigenvalue weighted by Gasteiger charge is 2.34. The maximum absolute atomic E-state index is 14.0. The van der Waals surface area contributed by atoms with Gasteiger partial charge in [0.2, 0.25) is 0 Å². The Hall–Kier alpha value is -1.57. The number of aliphatic carboxylic acids is 1. The number of likely N-dealkylation sites (tertiary alicyclic amines) is 1. The van der Waals surface area contributed by atoms with E-state index in [0.29, 0.717) is 19.1 Å². The van der Waals surface area contributed by atoms with Crippen molar-refractivity contribution in [3.63, 3.8) is 0 Å². The van der Waals surface area contributed by atoms with Crippen LogP contribution in [0.4, 0.5) is 8.78 Å². The largest absolute Gasteiger partial charge is 0.480 e. The molecule has 2 aliphatic rings. The minimum atomic E-state index is -1.11. The van der Waals surface area contributed by atoms with E-state index in [1.807, 2.05) is 0 Å². The zero-order valence-electron chi connectivity index (χ0n) is 13.5. The molecule has 3 rings (SSSR count). The van der Waals surface area contributed by atoms with Crippen LogP contribution in [0, 0.1) is 11.6 Å². The molecule has 0 saturated carbocycles. The van der Waals surface area contributed by atoms with Gasteiger partial charge in [0.25, 0.3) is 0 Å². The van der Waals surface area contributed by atoms with Crippen LogP contribution in [0.15, 0.2) is 18.2 Å². The first-order valence-corrected chi connectivity index (χ1v) is 8.30. The second-order valence-electron chi connectivity index (χ2n) is 6.32. The van der Waals surface area contributed by atoms with Crippen LogP contribution in [0.2, 0.25) is 0 Å². The van der Waals surface area contributed by atoms with Crippen LogP contribution < -0.4 is 0 Å². The van der Waals surface area contributed by atoms with E-state index in [0.717, 1.165) is 51.3 Å². The predicted octanol–water partition coefficient (Wildman–Crippen LogP) is 1.89. The molecule has 24 heavy (non-hydrogen) atoms. The lowest BCUT2D eigenvalue weighted by Crippen LogP contribution is -2.50. The fraction of sp³-hybridized carbons (Fsp3) is 0.588. The van der Waals surface area contributed by atoms with Crippen molar-refractivity contribution < 1.29 is 23.4 Å². The number of rotatable bonds is 4. The Balaban J connectivity index is 1.68. The minimum Gasteiger partial charge on any atom is -0.480 e. The molecule has 0 unspecified atom stereocenters. The first-order valence-electron chi connectivity index (χ1n) is 8.30. The lowest BCUT2D eigenvalue weighted by atomic mass is 9.97. The number of carbonyl (C=O) groups is 1. The maximum Gasteiger partial charge on any atom is 0.325 e. The van der Waals surface area contributed by atoms with Gasteiger partial charge in [-0.05, 0) is 18.9 Å². The van der Waals surface area contributed by atoms with E-state index in [2.05, 4.69) is 4.90 Å². The summed E-state index contributed by atoms with van der Waals surface area (Å²) in [5.41, 5.74) is 0.0220. The first-order chi connectivity index (χ1) is 11.6. The third-order valence-corrected chi connectivity index (χ3v) is 4.92. The van der Waals surface area contributed by atoms with E-state index in [1.165, 1.54) is 6.07 Å². The molecule has 0 spiro atoms. The Morgan fingerprint density at radius 2 is 1.83 bits per heavy atom. The highest BCUT2D eigenvalue weighted by molar-refractivity contribution is 5.75. The molecule has 1 N–H and O–H groups in total. The molecule has 2 saturated heterocycles. The Kier molecular flexibility index (Phi) is 5.43. The van der Waals surface area contributed by atoms with E-state index in [4.69, 9.17) is 4.74 Å². The number of morpholine rings is 1. The van der Waals surface area contributed by atoms with E-state index in [-0.39, 0.29) is 5.56 Å². The van der Waals surface area contributed by atoms with Gasteiger partial charge in [0.1, 0.15) is 17.7 Å². The zero-order valence-corrected chi connectivity index (χ0v) is 13.5. The highest BCUT2D eigenvalue weighted by Crippen LogP contribution is 2.29. The van der Waals surface area contributed by atoms with Gasteiger partial charge in [0.05, 0.1) is 13.2 Å². The molecule has 1 aromatic rings. The molecule has 1 atom stereocenters. The molecular weight excluding hydrogens is 318 g/mol. The van der Waals surface area contributed by atoms with Crippen LogP contribution in [-0.4, -0.2) is 66.3 Å². The van der Waals surface area contributed by atoms with E-state index < -0.39 is 23.6 Å². The van der Waals surface area contributed by atoms with Gasteiger partial charge in [-0.25, -0.2) is 8.78 Å². The van der Waals surface area contributed by atoms with Crippen LogP contribution in [0.1, 0.15) is 24.4 Å². The Labute approximate surface area is 139 Å². The number of ether oxygens (including phenoxy) is 1. The fourth-order valence-electron chi connectivity index (χ4n) is 3.66. The number of carboxylic acid groups (broad SMARTS) is 1. The van der Waals surface area contributed by atoms with Crippen LogP contribution in [0.3, 0.4) is 0 Å². The second-order valence-corrected chi connectivity index (χ2v) is 6.32. The zero-order chi connectivity index (χ0) is 17.1. The van der Waals surface area contributed by atoms with Crippen molar-refractivity contribution in [2.24, 2.45) is 0 Å². The third-order valence-electron chi connectivity index (χ3n) is 4.92. The number of hydrogen-bond donors (Lipinski definition) is 1. The van der Waals surface area contributed by atoms with E-state index in [1.54, 1.807) is 4.90 Å². The Bertz CT molecular complexity index is 585. The average Bonchev–Trinajstić information content (AvgIpc) is 2.58. The number of carboxylic acids is 1. The summed E-state index contributed by atoms with van der Waals surface area (Å²) in [5.74, 6) is -2.62. The van der Waals surface area contributed by atoms with Crippen LogP contribution >= 0.6 is 0 Å². The lowest BCUT2D eigenvalue weighted by Gasteiger charge is -2.41. The summed E-state index contributed by atoms with van der Waals surface area (Å²) in [6.45, 7) is 4.43. The smallest absolute Gasteiger partial charge is 0.325 e. The van der Waals surface area contributed by atoms with Gasteiger partial charge in [-0.15, -0.1) is 0 Å². The highest BCUT2D eigenvalue weighted by atomic mass is 19.1. The molecule has 1 aromatic carbocycles. The Morgan fingerprint density at radius 1 is 1.17 bits per heavy atom. The van der Waals surface area contributed by atoms with Crippen LogP contribution in [-0.2, 0) is 9.53 Å². The van der Waals surface area contributed by atoms with Gasteiger partial charge in [-0.2, -0.15) is 0 Å². The number of nitrogens with zero attached hydrogens (tertiary/aromatic N) is 2. The Morgan fingerprint density at radius 3 is 2.42 bits per heavy atom. The molecule has 7 heteroatoms. The standard InChI is InChI=1S/C17H22F2N2O3/c18-12-1-2-14(15(19)11-12)16(17(22)23)21-5-3-13(4-6-21)20-7-9-24-10-8-20/h1-2,11,13,16H,3-10H2,(H,22,23)/t16-/m1/s1. The van der Waals surface area contributed by atoms with Crippen molar-refractivity contribution in [1.82, 2.24) is 9.80 Å². The molecule has 2 aliphatic heterocycles. The van der Waals surface area contributed by atoms with Crippen molar-refractivity contribution in [3.8, 4) is 0 Å². The fourth-order valence-corrected chi connectivity index (χ4v) is 3.66. The summed E-state index contributed by atoms with van der Waals surface area (Å²) < 4.78 is 32.5. The number of hydrogen-bond acceptors (Lipinski definition) is 4. The van der Waals surface area contributed by atoms with Gasteiger partial charge in [0, 0.05) is 43.9 Å². The summed E-state index contributed by atoms with van der Waals surface area (Å²) >= 11 is 0. The second kappa shape index (κ2) is 7.55. The lowest BCUT2D eigenvalue weighted by molar-refractivity contribution is -0.144. The number of piperidine rings is 1. The molecular formula is C17H22F2N2O3. The third kappa shape index (κ3) is 3.74. The predicted molar refractivity (Wildman–Crippen MR) is 83.7 cm³/mol. The topological polar surface area (TPSA) is 53.0 Å². The van der Waals surface area contributed by atoms with Crippen LogP contribution in [0.5, 0.6) is 0 Å². The number of halogens is 2. The summed E-state index contributed by atoms with van der Waals surface area (Å²) in [6, 6.07) is 2.42. The maximum atomic E-state index is 14.0. The number of benzene rings is 1. The van der Waals surface area contributed by atoms with E-state index in [9.17, 15) is 18.7 Å². The molecule has 0 bridgehead atoms. The van der Waals surface area contributed by atoms with Crippen molar-refractivity contribution in [2.75, 3.05) is 39.4 Å². The van der Waals surface area contributed by atoms with Crippen LogP contribution in [0.25, 0.3) is 0 Å². The van der Waals surface area contributed by atoms with Crippen molar-refractivity contribution >= 4 is 5.97 Å². The summed E-state index contributed by atoms with van der Waals surface area (Å²) in [7, 11) is 0. The van der Waals surface area contributed by atoms with Gasteiger partial charge < -0.3 is 9.84 Å². The van der Waals surface area contributed by atoms with Gasteiger partial charge >= 0.3 is 5.97 Å². The molecule has 0 radical (unpaired) electrons. The summed E-state index contributed by atoms with van der Waals surface area (Å²) in [6.07, 6.45) is 1.68. The normalized spacial score (nSPS) is 22.4. The first kappa shape index (κ1) is 17.3. The molecule has 2 fully saturated rings. The molecule has 2 heterocycles. The van der Waals surface area contributed by atoms with Crippen molar-refractivity contribution in [2.45, 2.75) is 24.9 Å². The van der Waals surface area contributed by atoms with Gasteiger partial charge in [-0.3, -0.25) is 14.6 Å². The monoisotopic (exact) mass is 340 g/mol. The van der Waals surface area contributed by atoms with Crippen molar-refractivity contribution in [1.29, 1.82) is 0 Å². The molecule has 0 aromatic heterocycles. The van der Waals surface area contributed by atoms with Gasteiger partial charge in [-0.1, -0.05) is 6.07 Å². The summed E-state index contributed by atoms with van der Waals surface area (Å²) in [4.78, 5) is 15.8. The van der Waals surface area contributed by atoms with Crippen molar-refractivity contribution in [3.05, 3.63) is 35.4 Å². The minimum absolute atomic E-state index is 0.0220.